The summed E-state index contributed by atoms with van der Waals surface area (Å²) in [6.45, 7) is 33.2. The number of anilines is 2. The number of aromatic nitrogens is 4. The van der Waals surface area contributed by atoms with E-state index in [-0.39, 0.29) is 36.3 Å². The molecule has 2 aromatic heterocycles. The maximum absolute atomic E-state index is 12.5. The number of carbonyl (C=O) groups excluding carboxylic acids is 2. The Balaban J connectivity index is 0.000000253. The van der Waals surface area contributed by atoms with Gasteiger partial charge in [-0.05, 0) is 154 Å². The summed E-state index contributed by atoms with van der Waals surface area (Å²) in [7, 11) is -2.11. The van der Waals surface area contributed by atoms with Crippen LogP contribution in [-0.4, -0.2) is 57.8 Å². The molecule has 0 bridgehead atoms. The van der Waals surface area contributed by atoms with Crippen LogP contribution in [-0.2, 0) is 17.3 Å². The van der Waals surface area contributed by atoms with Crippen molar-refractivity contribution in [2.24, 2.45) is 0 Å². The summed E-state index contributed by atoms with van der Waals surface area (Å²) >= 11 is 12.8. The fraction of sp³-hybridized carbons (Fsp3) is 0.279. The average Bonchev–Trinajstić information content (AvgIpc) is 4.18. The van der Waals surface area contributed by atoms with E-state index in [1.807, 2.05) is 86.6 Å². The summed E-state index contributed by atoms with van der Waals surface area (Å²) in [5, 5.41) is 34.3. The van der Waals surface area contributed by atoms with E-state index in [0.29, 0.717) is 85.9 Å². The molecule has 0 saturated carbocycles. The minimum Gasteiger partial charge on any atom is -0.420 e. The number of rotatable bonds is 16. The lowest BCUT2D eigenvalue weighted by molar-refractivity contribution is 0.101. The molecule has 2 heterocycles. The zero-order chi connectivity index (χ0) is 55.6. The van der Waals surface area contributed by atoms with E-state index >= 15 is 0 Å². The quantitative estimate of drug-likeness (QED) is 0.0624. The van der Waals surface area contributed by atoms with Crippen molar-refractivity contribution >= 4 is 66.1 Å². The Morgan fingerprint density at radius 1 is 0.628 bits per heavy atom. The Hall–Kier alpha value is -7.76. The number of carbonyl (C=O) groups is 2. The third kappa shape index (κ3) is 14.4. The molecule has 8 aromatic rings. The topological polar surface area (TPSA) is 174 Å². The molecule has 3 N–H and O–H groups in total. The van der Waals surface area contributed by atoms with Crippen LogP contribution in [0.25, 0.3) is 32.6 Å². The molecule has 0 aliphatic rings. The molecule has 402 valence electrons. The largest absolute Gasteiger partial charge is 0.420 e. The fourth-order valence-electron chi connectivity index (χ4n) is 8.13. The molecule has 6 aromatic carbocycles. The molecular formula is C61H64Cl2N8O6Si. The molecule has 17 heteroatoms. The lowest BCUT2D eigenvalue weighted by Crippen LogP contribution is -2.44. The van der Waals surface area contributed by atoms with Crippen molar-refractivity contribution in [2.75, 3.05) is 10.6 Å². The summed E-state index contributed by atoms with van der Waals surface area (Å²) < 4.78 is 19.0. The van der Waals surface area contributed by atoms with Gasteiger partial charge in [-0.3, -0.25) is 9.59 Å². The highest BCUT2D eigenvalue weighted by molar-refractivity contribution is 6.74. The zero-order valence-electron chi connectivity index (χ0n) is 44.4. The standard InChI is InChI=1S/C33H37ClN4O3Si.C27H23ClN4O3.CH4/c1-21-25(16-19-28(35-6)29(21)34)20-27(22(2)41-42(7,8)33(3,4)5)32-38-37-31(40-32)24-14-17-26(18-15-24)36-30(39)23-12-10-9-11-13-23;1-16-20(11-14-23(29-3)24(16)28)15-22(17(2)33)27-32-31-26(35-27)19-9-12-21(13-10-19)30-25(34)18-7-5-4-6-8-18;/h9-19,22,27H,20H2,1-5,7-8H3,(H,36,39);4-14,17,22,33H,15H2,1-2H3,(H,30,34);1H4/t22-,27+;17-,22+;/m00./s1. The Morgan fingerprint density at radius 2 is 1.01 bits per heavy atom. The molecule has 0 spiro atoms. The highest BCUT2D eigenvalue weighted by Crippen LogP contribution is 2.41. The minimum absolute atomic E-state index is 0. The highest BCUT2D eigenvalue weighted by atomic mass is 35.5. The van der Waals surface area contributed by atoms with E-state index in [9.17, 15) is 14.7 Å². The first kappa shape index (κ1) is 59.5. The van der Waals surface area contributed by atoms with Crippen molar-refractivity contribution < 1.29 is 28.0 Å². The molecule has 4 atom stereocenters. The number of nitrogens with one attached hydrogen (secondary N) is 2. The maximum atomic E-state index is 12.5. The Bertz CT molecular complexity index is 3420. The molecule has 0 fully saturated rings. The Labute approximate surface area is 468 Å². The number of aliphatic hydroxyl groups excluding tert-OH is 1. The first-order chi connectivity index (χ1) is 36.7. The summed E-state index contributed by atoms with van der Waals surface area (Å²) in [5.41, 5.74) is 8.26. The SMILES string of the molecule is C.[C-]#[N+]c1ccc(C[C@@H](c2nnc(-c3ccc(NC(=O)c4ccccc4)cc3)o2)[C@H](C)O)c(C)c1Cl.[C-]#[N+]c1ccc(C[C@@H](c2nnc(-c3ccc(NC(=O)c4ccccc4)cc3)o2)[C@H](C)O[Si](C)(C)C(C)(C)C)c(C)c1Cl. The average molecular weight is 1100 g/mol. The van der Waals surface area contributed by atoms with Crippen LogP contribution < -0.4 is 10.6 Å². The lowest BCUT2D eigenvalue weighted by Gasteiger charge is -2.40. The van der Waals surface area contributed by atoms with Gasteiger partial charge in [0.15, 0.2) is 8.32 Å². The molecule has 2 amide bonds. The van der Waals surface area contributed by atoms with Gasteiger partial charge in [-0.25, -0.2) is 9.69 Å². The van der Waals surface area contributed by atoms with Gasteiger partial charge in [0.2, 0.25) is 34.9 Å². The van der Waals surface area contributed by atoms with Gasteiger partial charge in [0.25, 0.3) is 11.8 Å². The third-order valence-corrected chi connectivity index (χ3v) is 19.4. The van der Waals surface area contributed by atoms with Crippen LogP contribution in [0, 0.1) is 27.0 Å². The first-order valence-electron chi connectivity index (χ1n) is 24.9. The number of aliphatic hydroxyl groups is 1. The van der Waals surface area contributed by atoms with Crippen molar-refractivity contribution in [3.05, 3.63) is 212 Å². The van der Waals surface area contributed by atoms with Crippen LogP contribution in [0.15, 0.2) is 142 Å². The molecule has 0 saturated heterocycles. The molecule has 78 heavy (non-hydrogen) atoms. The predicted molar refractivity (Wildman–Crippen MR) is 312 cm³/mol. The van der Waals surface area contributed by atoms with Gasteiger partial charge >= 0.3 is 0 Å². The molecule has 14 nitrogen and oxygen atoms in total. The van der Waals surface area contributed by atoms with E-state index in [1.54, 1.807) is 67.6 Å². The monoisotopic (exact) mass is 1100 g/mol. The Kier molecular flexibility index (Phi) is 19.9. The molecule has 0 aliphatic heterocycles. The second kappa shape index (κ2) is 26.1. The molecule has 0 aliphatic carbocycles. The van der Waals surface area contributed by atoms with E-state index in [1.165, 1.54) is 0 Å². The molecule has 0 unspecified atom stereocenters. The van der Waals surface area contributed by atoms with Crippen LogP contribution in [0.4, 0.5) is 22.7 Å². The number of hydrogen-bond donors (Lipinski definition) is 3. The van der Waals surface area contributed by atoms with Gasteiger partial charge < -0.3 is 29.0 Å². The number of nitrogens with zero attached hydrogens (tertiary/aromatic N) is 6. The summed E-state index contributed by atoms with van der Waals surface area (Å²) in [6, 6.07) is 39.6. The van der Waals surface area contributed by atoms with Gasteiger partial charge in [0.1, 0.15) is 0 Å². The normalized spacial score (nSPS) is 12.8. The number of benzene rings is 6. The van der Waals surface area contributed by atoms with Crippen LogP contribution in [0.1, 0.15) is 109 Å². The number of amides is 2. The lowest BCUT2D eigenvalue weighted by atomic mass is 9.92. The smallest absolute Gasteiger partial charge is 0.255 e. The first-order valence-corrected chi connectivity index (χ1v) is 28.6. The van der Waals surface area contributed by atoms with E-state index < -0.39 is 20.3 Å². The van der Waals surface area contributed by atoms with Crippen molar-refractivity contribution in [3.63, 3.8) is 0 Å². The number of halogens is 2. The van der Waals surface area contributed by atoms with Crippen molar-refractivity contribution in [1.29, 1.82) is 0 Å². The second-order valence-electron chi connectivity index (χ2n) is 20.2. The van der Waals surface area contributed by atoms with Crippen LogP contribution in [0.3, 0.4) is 0 Å². The van der Waals surface area contributed by atoms with Crippen LogP contribution in [0.5, 0.6) is 0 Å². The van der Waals surface area contributed by atoms with E-state index in [2.05, 4.69) is 81.5 Å². The van der Waals surface area contributed by atoms with E-state index in [0.717, 1.165) is 27.8 Å². The third-order valence-electron chi connectivity index (χ3n) is 13.9. The molecule has 8 rings (SSSR count). The van der Waals surface area contributed by atoms with E-state index in [4.69, 9.17) is 49.6 Å². The van der Waals surface area contributed by atoms with Gasteiger partial charge in [-0.1, -0.05) is 112 Å². The fourth-order valence-corrected chi connectivity index (χ4v) is 10.0. The van der Waals surface area contributed by atoms with Crippen LogP contribution in [0.2, 0.25) is 28.2 Å². The zero-order valence-corrected chi connectivity index (χ0v) is 46.9. The summed E-state index contributed by atoms with van der Waals surface area (Å²) in [4.78, 5) is 31.8. The van der Waals surface area contributed by atoms with Crippen LogP contribution >= 0.6 is 23.2 Å². The second-order valence-corrected chi connectivity index (χ2v) is 25.7. The molecule has 0 radical (unpaired) electrons. The van der Waals surface area contributed by atoms with Crippen molar-refractivity contribution in [2.45, 2.75) is 111 Å². The van der Waals surface area contributed by atoms with Gasteiger partial charge in [-0.2, -0.15) is 0 Å². The van der Waals surface area contributed by atoms with Crippen molar-refractivity contribution in [1.82, 2.24) is 20.4 Å². The number of hydrogen-bond acceptors (Lipinski definition) is 10. The summed E-state index contributed by atoms with van der Waals surface area (Å²) in [6.07, 6.45) is 0.0188. The summed E-state index contributed by atoms with van der Waals surface area (Å²) in [5.74, 6) is 0.411. The predicted octanol–water partition coefficient (Wildman–Crippen LogP) is 16.1. The molecular weight excluding hydrogens is 1040 g/mol. The van der Waals surface area contributed by atoms with Gasteiger partial charge in [0.05, 0.1) is 47.2 Å². The Morgan fingerprint density at radius 3 is 1.38 bits per heavy atom. The highest BCUT2D eigenvalue weighted by Gasteiger charge is 2.41. The van der Waals surface area contributed by atoms with Gasteiger partial charge in [-0.15, -0.1) is 20.4 Å². The van der Waals surface area contributed by atoms with Crippen molar-refractivity contribution in [3.8, 4) is 22.9 Å². The van der Waals surface area contributed by atoms with Gasteiger partial charge in [0, 0.05) is 33.6 Å². The maximum Gasteiger partial charge on any atom is 0.255 e. The minimum atomic E-state index is -2.11.